The van der Waals surface area contributed by atoms with Gasteiger partial charge in [-0.3, -0.25) is 9.69 Å². The molecule has 1 atom stereocenters. The molecule has 1 fully saturated rings. The van der Waals surface area contributed by atoms with Crippen LogP contribution in [0.1, 0.15) is 17.4 Å². The highest BCUT2D eigenvalue weighted by molar-refractivity contribution is 7.98. The number of nitrogens with one attached hydrogen (secondary N) is 1. The van der Waals surface area contributed by atoms with Crippen LogP contribution in [-0.2, 0) is 9.53 Å². The molecule has 0 saturated carbocycles. The smallest absolute Gasteiger partial charge is 0.359 e. The molecule has 0 unspecified atom stereocenters. The SMILES string of the molecule is CSc1ncc(Cl)c(C(=O)O[C@H](C)C(=O)N2CCNC2=O)n1. The number of thioether (sulfide) groups is 1. The van der Waals surface area contributed by atoms with Gasteiger partial charge in [-0.2, -0.15) is 0 Å². The number of carbonyl (C=O) groups is 3. The Morgan fingerprint density at radius 2 is 2.27 bits per heavy atom. The minimum absolute atomic E-state index is 0.0290. The summed E-state index contributed by atoms with van der Waals surface area (Å²) in [6, 6.07) is -0.502. The van der Waals surface area contributed by atoms with Gasteiger partial charge < -0.3 is 10.1 Å². The average Bonchev–Trinajstić information content (AvgIpc) is 2.92. The first-order valence-electron chi connectivity index (χ1n) is 6.30. The topological polar surface area (TPSA) is 101 Å². The molecule has 8 nitrogen and oxygen atoms in total. The molecule has 118 valence electrons. The largest absolute Gasteiger partial charge is 0.448 e. The van der Waals surface area contributed by atoms with Gasteiger partial charge in [0.05, 0.1) is 11.2 Å². The van der Waals surface area contributed by atoms with Crippen molar-refractivity contribution in [2.24, 2.45) is 0 Å². The first-order valence-corrected chi connectivity index (χ1v) is 7.91. The van der Waals surface area contributed by atoms with Gasteiger partial charge in [0.15, 0.2) is 17.0 Å². The van der Waals surface area contributed by atoms with E-state index in [1.54, 1.807) is 6.26 Å². The highest BCUT2D eigenvalue weighted by Gasteiger charge is 2.32. The third-order valence-electron chi connectivity index (χ3n) is 2.85. The Morgan fingerprint density at radius 3 is 2.86 bits per heavy atom. The number of ether oxygens (including phenoxy) is 1. The van der Waals surface area contributed by atoms with Crippen molar-refractivity contribution in [3.63, 3.8) is 0 Å². The van der Waals surface area contributed by atoms with Crippen LogP contribution in [0, 0.1) is 0 Å². The first-order chi connectivity index (χ1) is 10.4. The van der Waals surface area contributed by atoms with Gasteiger partial charge in [-0.25, -0.2) is 19.6 Å². The number of amides is 3. The zero-order valence-corrected chi connectivity index (χ0v) is 13.4. The van der Waals surface area contributed by atoms with Crippen LogP contribution in [0.2, 0.25) is 5.02 Å². The maximum atomic E-state index is 12.1. The van der Waals surface area contributed by atoms with Crippen molar-refractivity contribution in [2.75, 3.05) is 19.3 Å². The number of halogens is 1. The van der Waals surface area contributed by atoms with Crippen LogP contribution in [0.4, 0.5) is 4.79 Å². The van der Waals surface area contributed by atoms with E-state index in [0.29, 0.717) is 11.7 Å². The number of hydrogen-bond acceptors (Lipinski definition) is 7. The molecule has 0 aromatic carbocycles. The lowest BCUT2D eigenvalue weighted by Gasteiger charge is -2.18. The number of hydrogen-bond donors (Lipinski definition) is 1. The lowest BCUT2D eigenvalue weighted by Crippen LogP contribution is -2.41. The molecule has 1 saturated heterocycles. The van der Waals surface area contributed by atoms with E-state index >= 15 is 0 Å². The summed E-state index contributed by atoms with van der Waals surface area (Å²) >= 11 is 7.11. The number of rotatable bonds is 4. The van der Waals surface area contributed by atoms with Gasteiger partial charge in [-0.15, -0.1) is 0 Å². The molecule has 1 N–H and O–H groups in total. The molecule has 2 heterocycles. The fraction of sp³-hybridized carbons (Fsp3) is 0.417. The summed E-state index contributed by atoms with van der Waals surface area (Å²) in [6.07, 6.45) is 1.91. The van der Waals surface area contributed by atoms with E-state index in [0.717, 1.165) is 4.90 Å². The summed E-state index contributed by atoms with van der Waals surface area (Å²) in [7, 11) is 0. The van der Waals surface area contributed by atoms with Crippen LogP contribution >= 0.6 is 23.4 Å². The predicted octanol–water partition coefficient (Wildman–Crippen LogP) is 0.949. The van der Waals surface area contributed by atoms with Crippen molar-refractivity contribution >= 4 is 41.3 Å². The second-order valence-corrected chi connectivity index (χ2v) is 5.50. The van der Waals surface area contributed by atoms with Crippen molar-refractivity contribution in [3.05, 3.63) is 16.9 Å². The van der Waals surface area contributed by atoms with E-state index in [2.05, 4.69) is 15.3 Å². The van der Waals surface area contributed by atoms with Crippen LogP contribution in [0.25, 0.3) is 0 Å². The van der Waals surface area contributed by atoms with E-state index in [4.69, 9.17) is 16.3 Å². The van der Waals surface area contributed by atoms with Crippen molar-refractivity contribution in [3.8, 4) is 0 Å². The quantitative estimate of drug-likeness (QED) is 0.493. The Balaban J connectivity index is 2.08. The van der Waals surface area contributed by atoms with Crippen LogP contribution in [0.15, 0.2) is 11.4 Å². The Morgan fingerprint density at radius 1 is 1.55 bits per heavy atom. The van der Waals surface area contributed by atoms with Crippen LogP contribution in [-0.4, -0.2) is 58.2 Å². The predicted molar refractivity (Wildman–Crippen MR) is 78.8 cm³/mol. The third kappa shape index (κ3) is 3.47. The first kappa shape index (κ1) is 16.5. The molecule has 0 bridgehead atoms. The average molecular weight is 345 g/mol. The van der Waals surface area contributed by atoms with Crippen molar-refractivity contribution in [1.82, 2.24) is 20.2 Å². The number of aromatic nitrogens is 2. The number of carbonyl (C=O) groups excluding carboxylic acids is 3. The van der Waals surface area contributed by atoms with E-state index in [-0.39, 0.29) is 17.3 Å². The van der Waals surface area contributed by atoms with Crippen molar-refractivity contribution in [1.29, 1.82) is 0 Å². The Kier molecular flexibility index (Phi) is 5.19. The molecular formula is C12H13ClN4O4S. The summed E-state index contributed by atoms with van der Waals surface area (Å²) < 4.78 is 5.05. The number of nitrogens with zero attached hydrogens (tertiary/aromatic N) is 3. The summed E-state index contributed by atoms with van der Waals surface area (Å²) in [6.45, 7) is 2.00. The molecule has 1 aliphatic heterocycles. The molecule has 0 spiro atoms. The van der Waals surface area contributed by atoms with Crippen molar-refractivity contribution < 1.29 is 19.1 Å². The monoisotopic (exact) mass is 344 g/mol. The fourth-order valence-corrected chi connectivity index (χ4v) is 2.27. The molecule has 2 rings (SSSR count). The minimum Gasteiger partial charge on any atom is -0.448 e. The summed E-state index contributed by atoms with van der Waals surface area (Å²) in [5.41, 5.74) is -0.119. The minimum atomic E-state index is -1.12. The zero-order chi connectivity index (χ0) is 16.3. The lowest BCUT2D eigenvalue weighted by molar-refractivity contribution is -0.136. The molecule has 22 heavy (non-hydrogen) atoms. The zero-order valence-electron chi connectivity index (χ0n) is 11.8. The van der Waals surface area contributed by atoms with E-state index < -0.39 is 24.0 Å². The van der Waals surface area contributed by atoms with E-state index in [1.165, 1.54) is 24.9 Å². The lowest BCUT2D eigenvalue weighted by atomic mass is 10.3. The number of urea groups is 1. The maximum Gasteiger partial charge on any atom is 0.359 e. The highest BCUT2D eigenvalue weighted by Crippen LogP contribution is 2.18. The summed E-state index contributed by atoms with van der Waals surface area (Å²) in [4.78, 5) is 44.4. The van der Waals surface area contributed by atoms with Gasteiger partial charge in [0.2, 0.25) is 0 Å². The maximum absolute atomic E-state index is 12.1. The van der Waals surface area contributed by atoms with Crippen LogP contribution < -0.4 is 5.32 Å². The molecule has 3 amide bonds. The number of esters is 1. The van der Waals surface area contributed by atoms with Crippen LogP contribution in [0.3, 0.4) is 0 Å². The molecule has 10 heteroatoms. The van der Waals surface area contributed by atoms with Crippen LogP contribution in [0.5, 0.6) is 0 Å². The fourth-order valence-electron chi connectivity index (χ4n) is 1.76. The third-order valence-corrected chi connectivity index (χ3v) is 3.69. The van der Waals surface area contributed by atoms with Gasteiger partial charge in [0.25, 0.3) is 5.91 Å². The molecule has 0 aliphatic carbocycles. The van der Waals surface area contributed by atoms with Gasteiger partial charge in [0.1, 0.15) is 0 Å². The van der Waals surface area contributed by atoms with Gasteiger partial charge in [-0.1, -0.05) is 23.4 Å². The second-order valence-electron chi connectivity index (χ2n) is 4.32. The van der Waals surface area contributed by atoms with E-state index in [1.807, 2.05) is 0 Å². The second kappa shape index (κ2) is 6.93. The van der Waals surface area contributed by atoms with E-state index in [9.17, 15) is 14.4 Å². The summed E-state index contributed by atoms with van der Waals surface area (Å²) in [5, 5.41) is 2.88. The Bertz CT molecular complexity index is 627. The highest BCUT2D eigenvalue weighted by atomic mass is 35.5. The molecule has 1 aliphatic rings. The summed E-state index contributed by atoms with van der Waals surface area (Å²) in [5.74, 6) is -1.44. The van der Waals surface area contributed by atoms with Crippen molar-refractivity contribution in [2.45, 2.75) is 18.2 Å². The van der Waals surface area contributed by atoms with Gasteiger partial charge in [-0.05, 0) is 13.2 Å². The Labute approximate surface area is 135 Å². The molecular weight excluding hydrogens is 332 g/mol. The molecule has 1 aromatic heterocycles. The van der Waals surface area contributed by atoms with Gasteiger partial charge >= 0.3 is 12.0 Å². The Hall–Kier alpha value is -1.87. The molecule has 1 aromatic rings. The van der Waals surface area contributed by atoms with Gasteiger partial charge in [0, 0.05) is 13.1 Å². The standard InChI is InChI=1S/C12H13ClN4O4S/c1-6(9(18)17-4-3-14-12(17)20)21-10(19)8-7(13)5-15-11(16-8)22-2/h5-6H,3-4H2,1-2H3,(H,14,20)/t6-/m1/s1. The molecule has 0 radical (unpaired) electrons. The number of imide groups is 1. The normalized spacial score (nSPS) is 15.4.